The van der Waals surface area contributed by atoms with Gasteiger partial charge in [-0.1, -0.05) is 12.1 Å². The Morgan fingerprint density at radius 1 is 1.35 bits per heavy atom. The average Bonchev–Trinajstić information content (AvgIpc) is 2.28. The van der Waals surface area contributed by atoms with Crippen molar-refractivity contribution in [2.24, 2.45) is 0 Å². The molecule has 96 valence electrons. The van der Waals surface area contributed by atoms with Crippen LogP contribution < -0.4 is 0 Å². The number of sulfonamides is 1. The minimum Gasteiger partial charge on any atom is -0.392 e. The molecule has 0 aliphatic rings. The molecule has 0 aromatic heterocycles. The van der Waals surface area contributed by atoms with Gasteiger partial charge in [-0.05, 0) is 38.0 Å². The summed E-state index contributed by atoms with van der Waals surface area (Å²) in [6, 6.07) is 4.87. The summed E-state index contributed by atoms with van der Waals surface area (Å²) in [5.74, 6) is 0. The molecule has 0 fully saturated rings. The lowest BCUT2D eigenvalue weighted by molar-refractivity contribution is 0.281. The molecule has 0 saturated carbocycles. The smallest absolute Gasteiger partial charge is 0.243 e. The van der Waals surface area contributed by atoms with Crippen LogP contribution in [0.1, 0.15) is 25.0 Å². The SMILES string of the molecule is Cc1ccc(CO)cc1S(=O)(=O)N(C)C(C)C. The molecule has 0 aliphatic heterocycles. The first-order valence-electron chi connectivity index (χ1n) is 5.49. The van der Waals surface area contributed by atoms with Crippen molar-refractivity contribution in [3.8, 4) is 0 Å². The van der Waals surface area contributed by atoms with E-state index in [1.165, 1.54) is 10.4 Å². The van der Waals surface area contributed by atoms with Crippen molar-refractivity contribution in [3.63, 3.8) is 0 Å². The molecule has 0 bridgehead atoms. The predicted octanol–water partition coefficient (Wildman–Crippen LogP) is 1.52. The highest BCUT2D eigenvalue weighted by Gasteiger charge is 2.24. The van der Waals surface area contributed by atoms with Crippen molar-refractivity contribution < 1.29 is 13.5 Å². The quantitative estimate of drug-likeness (QED) is 0.889. The summed E-state index contributed by atoms with van der Waals surface area (Å²) in [4.78, 5) is 0.264. The van der Waals surface area contributed by atoms with Gasteiger partial charge in [0, 0.05) is 13.1 Å². The Bertz CT molecular complexity index is 494. The molecular weight excluding hydrogens is 238 g/mol. The van der Waals surface area contributed by atoms with Gasteiger partial charge in [0.25, 0.3) is 0 Å². The Hall–Kier alpha value is -0.910. The minimum atomic E-state index is -3.48. The highest BCUT2D eigenvalue weighted by atomic mass is 32.2. The fourth-order valence-corrected chi connectivity index (χ4v) is 3.09. The molecule has 1 aromatic rings. The molecule has 0 radical (unpaired) electrons. The van der Waals surface area contributed by atoms with E-state index < -0.39 is 10.0 Å². The third-order valence-electron chi connectivity index (χ3n) is 2.82. The lowest BCUT2D eigenvalue weighted by Crippen LogP contribution is -2.33. The van der Waals surface area contributed by atoms with Gasteiger partial charge in [0.15, 0.2) is 0 Å². The maximum absolute atomic E-state index is 12.3. The molecule has 0 aliphatic carbocycles. The fraction of sp³-hybridized carbons (Fsp3) is 0.500. The maximum atomic E-state index is 12.3. The highest BCUT2D eigenvalue weighted by molar-refractivity contribution is 7.89. The maximum Gasteiger partial charge on any atom is 0.243 e. The van der Waals surface area contributed by atoms with E-state index in [-0.39, 0.29) is 17.5 Å². The zero-order valence-corrected chi connectivity index (χ0v) is 11.5. The van der Waals surface area contributed by atoms with Crippen molar-refractivity contribution >= 4 is 10.0 Å². The zero-order valence-electron chi connectivity index (χ0n) is 10.6. The molecule has 17 heavy (non-hydrogen) atoms. The second-order valence-electron chi connectivity index (χ2n) is 4.37. The van der Waals surface area contributed by atoms with E-state index in [9.17, 15) is 8.42 Å². The zero-order chi connectivity index (χ0) is 13.2. The normalized spacial score (nSPS) is 12.4. The number of benzene rings is 1. The van der Waals surface area contributed by atoms with Crippen LogP contribution in [0.4, 0.5) is 0 Å². The predicted molar refractivity (Wildman–Crippen MR) is 67.2 cm³/mol. The van der Waals surface area contributed by atoms with Crippen LogP contribution in [-0.2, 0) is 16.6 Å². The van der Waals surface area contributed by atoms with E-state index in [0.29, 0.717) is 11.1 Å². The molecule has 5 heteroatoms. The van der Waals surface area contributed by atoms with Crippen molar-refractivity contribution in [2.45, 2.75) is 38.3 Å². The molecule has 0 amide bonds. The number of hydrogen-bond donors (Lipinski definition) is 1. The Kier molecular flexibility index (Phi) is 4.30. The average molecular weight is 257 g/mol. The molecule has 0 saturated heterocycles. The van der Waals surface area contributed by atoms with Crippen LogP contribution >= 0.6 is 0 Å². The number of nitrogens with zero attached hydrogens (tertiary/aromatic N) is 1. The van der Waals surface area contributed by atoms with Gasteiger partial charge < -0.3 is 5.11 Å². The highest BCUT2D eigenvalue weighted by Crippen LogP contribution is 2.21. The molecule has 0 unspecified atom stereocenters. The summed E-state index contributed by atoms with van der Waals surface area (Å²) in [7, 11) is -1.92. The Morgan fingerprint density at radius 3 is 2.41 bits per heavy atom. The lowest BCUT2D eigenvalue weighted by Gasteiger charge is -2.22. The summed E-state index contributed by atoms with van der Waals surface area (Å²) in [6.45, 7) is 5.24. The number of aryl methyl sites for hydroxylation is 1. The van der Waals surface area contributed by atoms with Gasteiger partial charge in [-0.2, -0.15) is 4.31 Å². The van der Waals surface area contributed by atoms with Gasteiger partial charge in [-0.3, -0.25) is 0 Å². The molecule has 1 aromatic carbocycles. The van der Waals surface area contributed by atoms with Crippen molar-refractivity contribution in [2.75, 3.05) is 7.05 Å². The summed E-state index contributed by atoms with van der Waals surface area (Å²) >= 11 is 0. The first kappa shape index (κ1) is 14.2. The van der Waals surface area contributed by atoms with Crippen LogP contribution in [0.3, 0.4) is 0 Å². The van der Waals surface area contributed by atoms with Gasteiger partial charge in [-0.15, -0.1) is 0 Å². The fourth-order valence-electron chi connectivity index (χ4n) is 1.45. The first-order valence-corrected chi connectivity index (χ1v) is 6.93. The van der Waals surface area contributed by atoms with Gasteiger partial charge in [0.05, 0.1) is 11.5 Å². The van der Waals surface area contributed by atoms with Gasteiger partial charge in [0.1, 0.15) is 0 Å². The lowest BCUT2D eigenvalue weighted by atomic mass is 10.2. The molecule has 1 rings (SSSR count). The van der Waals surface area contributed by atoms with Gasteiger partial charge in [-0.25, -0.2) is 8.42 Å². The summed E-state index contributed by atoms with van der Waals surface area (Å²) in [6.07, 6.45) is 0. The summed E-state index contributed by atoms with van der Waals surface area (Å²) in [5, 5.41) is 9.06. The molecule has 0 heterocycles. The van der Waals surface area contributed by atoms with Gasteiger partial charge in [0.2, 0.25) is 10.0 Å². The van der Waals surface area contributed by atoms with Crippen molar-refractivity contribution in [1.82, 2.24) is 4.31 Å². The Balaban J connectivity index is 3.32. The molecule has 4 nitrogen and oxygen atoms in total. The topological polar surface area (TPSA) is 57.6 Å². The number of aliphatic hydroxyl groups excluding tert-OH is 1. The van der Waals surface area contributed by atoms with Crippen molar-refractivity contribution in [1.29, 1.82) is 0 Å². The largest absolute Gasteiger partial charge is 0.392 e. The van der Waals surface area contributed by atoms with Crippen LogP contribution in [0.25, 0.3) is 0 Å². The molecular formula is C12H19NO3S. The minimum absolute atomic E-state index is 0.0998. The van der Waals surface area contributed by atoms with Crippen LogP contribution in [0, 0.1) is 6.92 Å². The van der Waals surface area contributed by atoms with Crippen LogP contribution in [0.2, 0.25) is 0 Å². The van der Waals surface area contributed by atoms with Crippen LogP contribution in [-0.4, -0.2) is 30.9 Å². The third-order valence-corrected chi connectivity index (χ3v) is 4.99. The van der Waals surface area contributed by atoms with E-state index in [2.05, 4.69) is 0 Å². The van der Waals surface area contributed by atoms with E-state index in [0.717, 1.165) is 0 Å². The number of rotatable bonds is 4. The Morgan fingerprint density at radius 2 is 1.94 bits per heavy atom. The molecule has 0 atom stereocenters. The van der Waals surface area contributed by atoms with Crippen molar-refractivity contribution in [3.05, 3.63) is 29.3 Å². The summed E-state index contributed by atoms with van der Waals surface area (Å²) < 4.78 is 25.9. The van der Waals surface area contributed by atoms with Crippen LogP contribution in [0.15, 0.2) is 23.1 Å². The monoisotopic (exact) mass is 257 g/mol. The van der Waals surface area contributed by atoms with E-state index in [4.69, 9.17) is 5.11 Å². The van der Waals surface area contributed by atoms with E-state index in [1.807, 2.05) is 13.8 Å². The second kappa shape index (κ2) is 5.16. The number of aliphatic hydroxyl groups is 1. The summed E-state index contributed by atoms with van der Waals surface area (Å²) in [5.41, 5.74) is 1.29. The second-order valence-corrected chi connectivity index (χ2v) is 6.34. The first-order chi connectivity index (χ1) is 7.80. The van der Waals surface area contributed by atoms with E-state index >= 15 is 0 Å². The van der Waals surface area contributed by atoms with Gasteiger partial charge >= 0.3 is 0 Å². The standard InChI is InChI=1S/C12H19NO3S/c1-9(2)13(4)17(15,16)12-7-11(8-14)6-5-10(12)3/h5-7,9,14H,8H2,1-4H3. The number of hydrogen-bond acceptors (Lipinski definition) is 3. The Labute approximate surface area is 103 Å². The third kappa shape index (κ3) is 2.86. The van der Waals surface area contributed by atoms with E-state index in [1.54, 1.807) is 26.1 Å². The van der Waals surface area contributed by atoms with Crippen LogP contribution in [0.5, 0.6) is 0 Å². The molecule has 0 spiro atoms. The molecule has 1 N–H and O–H groups in total.